The number of rotatable bonds is 10. The Kier molecular flexibility index (Phi) is 10.5. The first-order valence-electron chi connectivity index (χ1n) is 6.33. The summed E-state index contributed by atoms with van der Waals surface area (Å²) in [5, 5.41) is 7.59. The van der Waals surface area contributed by atoms with Crippen molar-refractivity contribution in [3.05, 3.63) is 34.6 Å². The summed E-state index contributed by atoms with van der Waals surface area (Å²) in [5.74, 6) is -0.0304. The Morgan fingerprint density at radius 3 is 2.64 bits per heavy atom. The number of nitrogens with zero attached hydrogens (tertiary/aromatic N) is 1. The van der Waals surface area contributed by atoms with Gasteiger partial charge in [0, 0.05) is 24.5 Å². The van der Waals surface area contributed by atoms with Crippen molar-refractivity contribution in [1.29, 1.82) is 0 Å². The predicted octanol–water partition coefficient (Wildman–Crippen LogP) is 2.37. The van der Waals surface area contributed by atoms with Crippen molar-refractivity contribution in [2.75, 3.05) is 7.05 Å². The minimum absolute atomic E-state index is 0.0304. The minimum atomic E-state index is -2.91. The Labute approximate surface area is 133 Å². The lowest BCUT2D eigenvalue weighted by Gasteiger charge is -2.11. The summed E-state index contributed by atoms with van der Waals surface area (Å²) in [4.78, 5) is 14.2. The second-order valence-corrected chi connectivity index (χ2v) is 4.22. The molecule has 6 nitrogen and oxygen atoms in total. The van der Waals surface area contributed by atoms with E-state index in [1.54, 1.807) is 13.0 Å². The Morgan fingerprint density at radius 2 is 2.14 bits per heavy atom. The normalized spacial score (nSPS) is 14.0. The Balaban J connectivity index is 4.93. The summed E-state index contributed by atoms with van der Waals surface area (Å²) in [6.07, 6.45) is 5.20. The first-order chi connectivity index (χ1) is 10.4. The average Bonchev–Trinajstić information content (AvgIpc) is 2.48. The maximum atomic E-state index is 12.2. The Hall–Kier alpha value is -2.09. The maximum Gasteiger partial charge on any atom is 0.388 e. The van der Waals surface area contributed by atoms with Crippen LogP contribution in [0.15, 0.2) is 39.6 Å². The molecule has 0 aliphatic heterocycles. The van der Waals surface area contributed by atoms with E-state index in [0.717, 1.165) is 0 Å². The summed E-state index contributed by atoms with van der Waals surface area (Å²) >= 11 is 5.72. The van der Waals surface area contributed by atoms with Gasteiger partial charge in [-0.2, -0.15) is 8.78 Å². The van der Waals surface area contributed by atoms with E-state index in [1.165, 1.54) is 19.6 Å². The van der Waals surface area contributed by atoms with Crippen molar-refractivity contribution in [1.82, 2.24) is 16.0 Å². The van der Waals surface area contributed by atoms with Crippen LogP contribution >= 0.6 is 11.6 Å². The van der Waals surface area contributed by atoms with Crippen molar-refractivity contribution < 1.29 is 18.3 Å². The van der Waals surface area contributed by atoms with E-state index in [4.69, 9.17) is 11.6 Å². The van der Waals surface area contributed by atoms with Gasteiger partial charge in [0.2, 0.25) is 6.41 Å². The number of ether oxygens (including phenoxy) is 1. The Bertz CT molecular complexity index is 477. The number of hydrogen-bond donors (Lipinski definition) is 3. The second-order valence-electron chi connectivity index (χ2n) is 3.81. The first kappa shape index (κ1) is 19.9. The third-order valence-corrected chi connectivity index (χ3v) is 2.47. The van der Waals surface area contributed by atoms with Gasteiger partial charge in [-0.3, -0.25) is 4.79 Å². The van der Waals surface area contributed by atoms with Crippen molar-refractivity contribution >= 4 is 24.3 Å². The number of hydrogen-bond acceptors (Lipinski definition) is 4. The monoisotopic (exact) mass is 336 g/mol. The van der Waals surface area contributed by atoms with Crippen LogP contribution in [0.2, 0.25) is 0 Å². The fraction of sp³-hybridized carbons (Fsp3) is 0.385. The number of alkyl halides is 2. The van der Waals surface area contributed by atoms with Gasteiger partial charge >= 0.3 is 6.61 Å². The van der Waals surface area contributed by atoms with Gasteiger partial charge in [0.05, 0.1) is 6.34 Å². The fourth-order valence-electron chi connectivity index (χ4n) is 1.31. The lowest BCUT2D eigenvalue weighted by molar-refractivity contribution is -0.108. The summed E-state index contributed by atoms with van der Waals surface area (Å²) < 4.78 is 28.8. The molecule has 0 saturated carbocycles. The molecule has 0 bridgehead atoms. The van der Waals surface area contributed by atoms with E-state index >= 15 is 0 Å². The molecule has 0 aliphatic carbocycles. The number of halogens is 3. The molecule has 0 radical (unpaired) electrons. The van der Waals surface area contributed by atoms with E-state index in [0.29, 0.717) is 24.1 Å². The number of carbonyl (C=O) groups is 1. The van der Waals surface area contributed by atoms with Crippen LogP contribution in [0.1, 0.15) is 20.3 Å². The van der Waals surface area contributed by atoms with Gasteiger partial charge in [0.1, 0.15) is 5.16 Å². The molecule has 0 rings (SSSR count). The molecule has 0 saturated heterocycles. The molecule has 0 heterocycles. The molecule has 22 heavy (non-hydrogen) atoms. The molecule has 3 N–H and O–H groups in total. The highest BCUT2D eigenvalue weighted by Gasteiger charge is 2.08. The Morgan fingerprint density at radius 1 is 1.45 bits per heavy atom. The smallest absolute Gasteiger partial charge is 0.388 e. The highest BCUT2D eigenvalue weighted by molar-refractivity contribution is 6.29. The molecule has 1 amide bonds. The predicted molar refractivity (Wildman–Crippen MR) is 82.0 cm³/mol. The van der Waals surface area contributed by atoms with E-state index in [2.05, 4.69) is 25.7 Å². The summed E-state index contributed by atoms with van der Waals surface area (Å²) in [6.45, 7) is 0.568. The zero-order chi connectivity index (χ0) is 17.0. The van der Waals surface area contributed by atoms with Gasteiger partial charge in [0.25, 0.3) is 0 Å². The summed E-state index contributed by atoms with van der Waals surface area (Å²) in [6, 6.07) is 0. The lowest BCUT2D eigenvalue weighted by atomic mass is 10.2. The van der Waals surface area contributed by atoms with Crippen LogP contribution in [0, 0.1) is 0 Å². The maximum absolute atomic E-state index is 12.2. The quantitative estimate of drug-likeness (QED) is 0.143. The van der Waals surface area contributed by atoms with Gasteiger partial charge in [-0.05, 0) is 19.4 Å². The standard InChI is InChI=1S/C13H19ClF2N4O2/c1-4-10(19-7-20-11(14)6-18-8-21)5-9(2)12(17-3)22-13(15)16/h5-8,13,17H,4H2,1-3H3,(H,18,21)(H,19,20)/b10-5+,11-6-,12-9+. The van der Waals surface area contributed by atoms with Crippen molar-refractivity contribution in [2.24, 2.45) is 4.99 Å². The number of allylic oxidation sites excluding steroid dienone is 3. The zero-order valence-electron chi connectivity index (χ0n) is 12.5. The lowest BCUT2D eigenvalue weighted by Crippen LogP contribution is -2.14. The number of carbonyl (C=O) groups excluding carboxylic acids is 1. The number of aliphatic imine (C=N–C) groups is 1. The van der Waals surface area contributed by atoms with Crippen molar-refractivity contribution in [3.8, 4) is 0 Å². The molecule has 0 unspecified atom stereocenters. The van der Waals surface area contributed by atoms with Gasteiger partial charge in [0.15, 0.2) is 5.88 Å². The van der Waals surface area contributed by atoms with E-state index in [1.807, 2.05) is 6.92 Å². The van der Waals surface area contributed by atoms with Gasteiger partial charge in [-0.25, -0.2) is 4.99 Å². The fourth-order valence-corrected chi connectivity index (χ4v) is 1.42. The molecule has 0 aromatic carbocycles. The van der Waals surface area contributed by atoms with E-state index in [9.17, 15) is 13.6 Å². The zero-order valence-corrected chi connectivity index (χ0v) is 13.2. The van der Waals surface area contributed by atoms with Gasteiger partial charge in [-0.15, -0.1) is 0 Å². The summed E-state index contributed by atoms with van der Waals surface area (Å²) in [5.41, 5.74) is 1.09. The molecule has 0 aromatic rings. The van der Waals surface area contributed by atoms with Crippen LogP contribution < -0.4 is 16.0 Å². The van der Waals surface area contributed by atoms with E-state index in [-0.39, 0.29) is 11.0 Å². The number of nitrogens with one attached hydrogen (secondary N) is 3. The minimum Gasteiger partial charge on any atom is -0.419 e. The molecule has 0 aliphatic rings. The molecule has 0 fully saturated rings. The van der Waals surface area contributed by atoms with E-state index < -0.39 is 6.61 Å². The average molecular weight is 337 g/mol. The third-order valence-electron chi connectivity index (χ3n) is 2.25. The number of amides is 1. The van der Waals surface area contributed by atoms with Crippen LogP contribution in [-0.2, 0) is 9.53 Å². The van der Waals surface area contributed by atoms with Crippen LogP contribution in [0.4, 0.5) is 8.78 Å². The first-order valence-corrected chi connectivity index (χ1v) is 6.70. The molecule has 0 spiro atoms. The topological polar surface area (TPSA) is 74.8 Å². The van der Waals surface area contributed by atoms with Crippen molar-refractivity contribution in [3.63, 3.8) is 0 Å². The molecule has 0 aromatic heterocycles. The van der Waals surface area contributed by atoms with Gasteiger partial charge < -0.3 is 20.7 Å². The van der Waals surface area contributed by atoms with Crippen LogP contribution in [0.25, 0.3) is 0 Å². The van der Waals surface area contributed by atoms with Crippen LogP contribution in [0.3, 0.4) is 0 Å². The van der Waals surface area contributed by atoms with Gasteiger partial charge in [-0.1, -0.05) is 18.5 Å². The third kappa shape index (κ3) is 8.96. The molecular weight excluding hydrogens is 318 g/mol. The molecule has 9 heteroatoms. The summed E-state index contributed by atoms with van der Waals surface area (Å²) in [7, 11) is 1.48. The molecule has 124 valence electrons. The SMILES string of the molecule is CC/C(=C\C(C)=C(/NC)OC(F)F)N=CN/C(Cl)=C\NC=O. The highest BCUT2D eigenvalue weighted by Crippen LogP contribution is 2.13. The second kappa shape index (κ2) is 11.6. The van der Waals surface area contributed by atoms with Crippen molar-refractivity contribution in [2.45, 2.75) is 26.9 Å². The van der Waals surface area contributed by atoms with Crippen LogP contribution in [-0.4, -0.2) is 26.4 Å². The molecular formula is C13H19ClF2N4O2. The highest BCUT2D eigenvalue weighted by atomic mass is 35.5. The van der Waals surface area contributed by atoms with Crippen LogP contribution in [0.5, 0.6) is 0 Å². The largest absolute Gasteiger partial charge is 0.419 e. The molecule has 0 atom stereocenters.